The molecule has 1 amide bonds. The molecule has 2 saturated carbocycles. The number of aromatic nitrogens is 6. The molecule has 10 unspecified atom stereocenters. The molecule has 11 N–H and O–H groups in total. The number of nitrogens with one attached hydrogen (secondary N) is 1. The standard InChI is InChI=1S/C65H80F5N7O22/c1-5-10-42(61(89)90)93-58-53(84)46(26-79)97-65(59(58)98-62(91)30-11-7-6-8-12-30)95-44-21-33(16-28(3)57(44)99-64-56(87)55(86)50(81)29(4)92-64)41(80)13-9-14-71-60(88)34-20-40(76-23-38(72-74-76)32-18-36(67)48(70)37(68)19-32)51(82)43(22-34)94-63-54(85)49(52(83)45(25-78)96-63)77-24-39(73-75-77)31-15-27(2)47(69)35(66)17-31/h6-8,11-12,15,17-19,23-24,28-29,33-34,40,42-46,49-59,63-65,78-79,81-87H,5,9-10,13-14,16,20-22,25-26H2,1-4H3,(H,71,88)(H,89,90)/t28?,29?,33?,34-,40?,42-,43+,44+,45?,46-,49?,50+,51?,52-,53-,54+,55-,56?,57+,58?,59?,63+,64-,65+/m0/s1. The molecule has 3 aromatic carbocycles. The fraction of sp³-hybridized carbons (Fsp3) is 0.600. The van der Waals surface area contributed by atoms with Crippen LogP contribution in [0, 0.1) is 53.8 Å². The lowest BCUT2D eigenvalue weighted by atomic mass is 9.75. The van der Waals surface area contributed by atoms with Crippen LogP contribution in [0.15, 0.2) is 67.0 Å². The second-order valence-electron chi connectivity index (χ2n) is 25.7. The number of aliphatic hydroxyl groups is 9. The molecule has 3 aliphatic heterocycles. The first-order valence-electron chi connectivity index (χ1n) is 32.5. The van der Waals surface area contributed by atoms with E-state index in [4.69, 9.17) is 37.9 Å². The number of carboxylic acids is 1. The number of carbonyl (C=O) groups is 4. The van der Waals surface area contributed by atoms with E-state index >= 15 is 0 Å². The number of carbonyl (C=O) groups excluding carboxylic acids is 3. The first-order valence-corrected chi connectivity index (χ1v) is 32.5. The molecular formula is C65H80F5N7O22. The van der Waals surface area contributed by atoms with E-state index in [0.717, 1.165) is 15.4 Å². The van der Waals surface area contributed by atoms with E-state index in [1.54, 1.807) is 32.0 Å². The Kier molecular flexibility index (Phi) is 24.4. The summed E-state index contributed by atoms with van der Waals surface area (Å²) in [7, 11) is 0. The van der Waals surface area contributed by atoms with Gasteiger partial charge >= 0.3 is 11.9 Å². The van der Waals surface area contributed by atoms with Gasteiger partial charge in [0.05, 0.1) is 61.6 Å². The van der Waals surface area contributed by atoms with Crippen LogP contribution in [0.1, 0.15) is 100 Å². The van der Waals surface area contributed by atoms with E-state index in [-0.39, 0.29) is 90.9 Å². The highest BCUT2D eigenvalue weighted by molar-refractivity contribution is 5.89. The van der Waals surface area contributed by atoms with Crippen molar-refractivity contribution in [1.82, 2.24) is 35.3 Å². The van der Waals surface area contributed by atoms with E-state index in [0.29, 0.717) is 18.6 Å². The molecule has 29 nitrogen and oxygen atoms in total. The fourth-order valence-corrected chi connectivity index (χ4v) is 13.4. The van der Waals surface area contributed by atoms with Crippen molar-refractivity contribution in [2.75, 3.05) is 19.8 Å². The Bertz CT molecular complexity index is 3560. The number of ether oxygens (including phenoxy) is 8. The van der Waals surface area contributed by atoms with Gasteiger partial charge in [-0.1, -0.05) is 48.9 Å². The molecule has 5 aliphatic rings. The Labute approximate surface area is 562 Å². The van der Waals surface area contributed by atoms with Crippen molar-refractivity contribution in [3.8, 4) is 22.5 Å². The summed E-state index contributed by atoms with van der Waals surface area (Å²) < 4.78 is 123. The molecule has 24 atom stereocenters. The summed E-state index contributed by atoms with van der Waals surface area (Å²) in [5, 5.41) is 130. The van der Waals surface area contributed by atoms with Gasteiger partial charge in [0.15, 0.2) is 60.2 Å². The number of Topliss-reactive ketones (excluding diaryl/α,β-unsaturated/α-hetero) is 1. The van der Waals surface area contributed by atoms with E-state index in [1.807, 2.05) is 0 Å². The average Bonchev–Trinajstić information content (AvgIpc) is 1.73. The Morgan fingerprint density at radius 2 is 1.24 bits per heavy atom. The first-order chi connectivity index (χ1) is 47.2. The highest BCUT2D eigenvalue weighted by Gasteiger charge is 2.55. The van der Waals surface area contributed by atoms with Crippen LogP contribution in [-0.4, -0.2) is 241 Å². The van der Waals surface area contributed by atoms with Crippen molar-refractivity contribution in [1.29, 1.82) is 0 Å². The maximum atomic E-state index is 14.5. The molecule has 10 rings (SSSR count). The lowest BCUT2D eigenvalue weighted by molar-refractivity contribution is -0.349. The normalized spacial score (nSPS) is 33.8. The van der Waals surface area contributed by atoms with E-state index in [2.05, 4.69) is 25.9 Å². The largest absolute Gasteiger partial charge is 0.479 e. The fourth-order valence-electron chi connectivity index (χ4n) is 13.4. The second-order valence-corrected chi connectivity index (χ2v) is 25.7. The number of carboxylic acid groups (broad SMARTS) is 1. The molecule has 0 radical (unpaired) electrons. The van der Waals surface area contributed by atoms with Crippen molar-refractivity contribution in [3.05, 3.63) is 107 Å². The Morgan fingerprint density at radius 1 is 0.646 bits per heavy atom. The maximum Gasteiger partial charge on any atom is 0.338 e. The molecule has 5 fully saturated rings. The molecule has 3 saturated heterocycles. The summed E-state index contributed by atoms with van der Waals surface area (Å²) in [6, 6.07) is 8.29. The van der Waals surface area contributed by atoms with Crippen LogP contribution in [-0.2, 0) is 52.3 Å². The molecule has 34 heteroatoms. The second kappa shape index (κ2) is 32.3. The van der Waals surface area contributed by atoms with Crippen LogP contribution >= 0.6 is 0 Å². The predicted molar refractivity (Wildman–Crippen MR) is 325 cm³/mol. The Morgan fingerprint density at radius 3 is 1.89 bits per heavy atom. The van der Waals surface area contributed by atoms with Gasteiger partial charge in [0.2, 0.25) is 5.91 Å². The summed E-state index contributed by atoms with van der Waals surface area (Å²) in [6.45, 7) is 4.24. The number of halogens is 5. The minimum Gasteiger partial charge on any atom is -0.479 e. The number of hydrogen-bond acceptors (Lipinski definition) is 25. The van der Waals surface area contributed by atoms with Crippen LogP contribution in [0.5, 0.6) is 0 Å². The smallest absolute Gasteiger partial charge is 0.338 e. The number of aryl methyl sites for hydroxylation is 1. The van der Waals surface area contributed by atoms with Gasteiger partial charge in [-0.2, -0.15) is 0 Å². The molecule has 5 heterocycles. The lowest BCUT2D eigenvalue weighted by Gasteiger charge is -2.48. The number of amides is 1. The van der Waals surface area contributed by atoms with Crippen molar-refractivity contribution in [2.24, 2.45) is 17.8 Å². The summed E-state index contributed by atoms with van der Waals surface area (Å²) in [6.07, 6.45) is -28.7. The number of aliphatic carboxylic acids is 1. The van der Waals surface area contributed by atoms with E-state index in [1.165, 1.54) is 44.4 Å². The quantitative estimate of drug-likeness (QED) is 0.0171. The molecule has 2 aromatic heterocycles. The Hall–Kier alpha value is -6.97. The number of esters is 1. The number of ketones is 1. The topological polar surface area (TPSA) is 418 Å². The van der Waals surface area contributed by atoms with Gasteiger partial charge in [0.25, 0.3) is 0 Å². The van der Waals surface area contributed by atoms with Crippen LogP contribution < -0.4 is 5.32 Å². The molecule has 0 bridgehead atoms. The third kappa shape index (κ3) is 16.5. The monoisotopic (exact) mass is 1410 g/mol. The van der Waals surface area contributed by atoms with Crippen molar-refractivity contribution in [2.45, 2.75) is 208 Å². The minimum absolute atomic E-state index is 0.00591. The van der Waals surface area contributed by atoms with Gasteiger partial charge in [-0.05, 0) is 100 Å². The summed E-state index contributed by atoms with van der Waals surface area (Å²) in [5.74, 6) is -13.2. The van der Waals surface area contributed by atoms with Crippen LogP contribution in [0.3, 0.4) is 0 Å². The molecule has 5 aromatic rings. The summed E-state index contributed by atoms with van der Waals surface area (Å²) in [4.78, 5) is 55.4. The average molecular weight is 1410 g/mol. The van der Waals surface area contributed by atoms with E-state index in [9.17, 15) is 92.2 Å². The molecule has 99 heavy (non-hydrogen) atoms. The van der Waals surface area contributed by atoms with Gasteiger partial charge in [-0.15, -0.1) is 10.2 Å². The SMILES string of the molecule is CCC[C@H](OC1C(OC(=O)c2ccccc2)[C@H](O[C@@H]2CC(C(=O)CCCNC(=O)[C@H]3CC(n4cc(-c5cc(F)c(F)c(F)c5)nn4)C(O)[C@H](O[C@@H]4OC(CO)[C@H](O)C(n5cc(-c6cc(C)c(F)c(F)c6)nn5)[C@H]4O)C3)CC(C)[C@H]2O[C@@H]2OC(C)[C@@H](O)[C@H](O)C2O)O[C@@H](CO)[C@@H]1O)C(=O)O. The Balaban J connectivity index is 0.871. The zero-order valence-electron chi connectivity index (χ0n) is 53.9. The number of aliphatic hydroxyl groups excluding tert-OH is 9. The predicted octanol–water partition coefficient (Wildman–Crippen LogP) is 1.64. The number of nitrogens with zero attached hydrogens (tertiary/aromatic N) is 6. The number of benzene rings is 3. The zero-order chi connectivity index (χ0) is 71.4. The van der Waals surface area contributed by atoms with Gasteiger partial charge in [-0.25, -0.2) is 40.9 Å². The van der Waals surface area contributed by atoms with Gasteiger partial charge in [0, 0.05) is 35.9 Å². The van der Waals surface area contributed by atoms with Gasteiger partial charge in [-0.3, -0.25) is 9.59 Å². The number of rotatable bonds is 25. The highest BCUT2D eigenvalue weighted by Crippen LogP contribution is 2.42. The first kappa shape index (κ1) is 74.7. The van der Waals surface area contributed by atoms with E-state index < -0.39 is 207 Å². The molecule has 542 valence electrons. The number of hydrogen-bond donors (Lipinski definition) is 11. The van der Waals surface area contributed by atoms with Gasteiger partial charge < -0.3 is 94.3 Å². The molecular weight excluding hydrogens is 1330 g/mol. The third-order valence-corrected chi connectivity index (χ3v) is 18.9. The van der Waals surface area contributed by atoms with Crippen molar-refractivity contribution >= 4 is 23.6 Å². The van der Waals surface area contributed by atoms with Crippen LogP contribution in [0.4, 0.5) is 22.0 Å². The summed E-state index contributed by atoms with van der Waals surface area (Å²) >= 11 is 0. The lowest BCUT2D eigenvalue weighted by Crippen LogP contribution is -2.64. The molecule has 2 aliphatic carbocycles. The van der Waals surface area contributed by atoms with Crippen molar-refractivity contribution in [3.63, 3.8) is 0 Å². The highest BCUT2D eigenvalue weighted by atomic mass is 19.2. The summed E-state index contributed by atoms with van der Waals surface area (Å²) in [5.41, 5.74) is -0.386. The van der Waals surface area contributed by atoms with Crippen LogP contribution in [0.25, 0.3) is 22.5 Å². The van der Waals surface area contributed by atoms with Crippen molar-refractivity contribution < 1.29 is 130 Å². The minimum atomic E-state index is -1.90. The molecule has 0 spiro atoms. The maximum absolute atomic E-state index is 14.5. The third-order valence-electron chi connectivity index (χ3n) is 18.9. The van der Waals surface area contributed by atoms with Gasteiger partial charge in [0.1, 0.15) is 84.3 Å². The van der Waals surface area contributed by atoms with Crippen LogP contribution in [0.2, 0.25) is 0 Å². The zero-order valence-corrected chi connectivity index (χ0v) is 53.9.